The summed E-state index contributed by atoms with van der Waals surface area (Å²) in [6, 6.07) is 0.298. The minimum atomic E-state index is -0.727. The molecule has 0 bridgehead atoms. The van der Waals surface area contributed by atoms with E-state index < -0.39 is 5.97 Å². The third-order valence-electron chi connectivity index (χ3n) is 2.32. The second kappa shape index (κ2) is 7.76. The molecule has 4 nitrogen and oxygen atoms in total. The first-order chi connectivity index (χ1) is 6.57. The van der Waals surface area contributed by atoms with Crippen LogP contribution in [0.5, 0.6) is 0 Å². The Bertz CT molecular complexity index is 161. The van der Waals surface area contributed by atoms with Gasteiger partial charge in [0.05, 0.1) is 6.61 Å². The number of ether oxygens (including phenoxy) is 1. The van der Waals surface area contributed by atoms with Gasteiger partial charge in [0.1, 0.15) is 0 Å². The summed E-state index contributed by atoms with van der Waals surface area (Å²) >= 11 is 0. The van der Waals surface area contributed by atoms with Crippen molar-refractivity contribution in [3.05, 3.63) is 0 Å². The lowest BCUT2D eigenvalue weighted by atomic mass is 10.1. The lowest BCUT2D eigenvalue weighted by molar-refractivity contribution is -0.137. The second-order valence-electron chi connectivity index (χ2n) is 3.46. The van der Waals surface area contributed by atoms with Crippen LogP contribution in [0, 0.1) is 0 Å². The van der Waals surface area contributed by atoms with Gasteiger partial charge in [0.2, 0.25) is 0 Å². The molecule has 1 atom stereocenters. The predicted molar refractivity (Wildman–Crippen MR) is 55.5 cm³/mol. The topological polar surface area (TPSA) is 49.8 Å². The maximum Gasteiger partial charge on any atom is 0.303 e. The second-order valence-corrected chi connectivity index (χ2v) is 3.46. The number of carbonyl (C=O) groups is 1. The Hall–Kier alpha value is -0.610. The van der Waals surface area contributed by atoms with Crippen molar-refractivity contribution >= 4 is 5.97 Å². The fourth-order valence-electron chi connectivity index (χ4n) is 1.13. The van der Waals surface area contributed by atoms with Crippen LogP contribution < -0.4 is 0 Å². The Morgan fingerprint density at radius 2 is 2.21 bits per heavy atom. The SMILES string of the molecule is CCOCCN(C)C(C)CCC(=O)O. The summed E-state index contributed by atoms with van der Waals surface area (Å²) < 4.78 is 5.22. The Labute approximate surface area is 85.9 Å². The third-order valence-corrected chi connectivity index (χ3v) is 2.32. The molecule has 0 aliphatic rings. The fourth-order valence-corrected chi connectivity index (χ4v) is 1.13. The molecular weight excluding hydrogens is 182 g/mol. The van der Waals surface area contributed by atoms with Crippen molar-refractivity contribution in [2.45, 2.75) is 32.7 Å². The van der Waals surface area contributed by atoms with Crippen molar-refractivity contribution in [3.8, 4) is 0 Å². The molecule has 14 heavy (non-hydrogen) atoms. The number of aliphatic carboxylic acids is 1. The summed E-state index contributed by atoms with van der Waals surface area (Å²) in [7, 11) is 1.99. The van der Waals surface area contributed by atoms with Crippen molar-refractivity contribution in [2.24, 2.45) is 0 Å². The molecule has 0 aromatic rings. The van der Waals surface area contributed by atoms with Gasteiger partial charge in [-0.1, -0.05) is 0 Å². The third kappa shape index (κ3) is 6.86. The highest BCUT2D eigenvalue weighted by Crippen LogP contribution is 2.03. The van der Waals surface area contributed by atoms with E-state index in [2.05, 4.69) is 4.90 Å². The number of rotatable bonds is 8. The minimum absolute atomic E-state index is 0.236. The summed E-state index contributed by atoms with van der Waals surface area (Å²) in [4.78, 5) is 12.5. The lowest BCUT2D eigenvalue weighted by Gasteiger charge is -2.23. The van der Waals surface area contributed by atoms with Gasteiger partial charge in [-0.2, -0.15) is 0 Å². The van der Waals surface area contributed by atoms with Gasteiger partial charge in [0.25, 0.3) is 0 Å². The van der Waals surface area contributed by atoms with Crippen LogP contribution in [-0.4, -0.2) is 48.8 Å². The van der Waals surface area contributed by atoms with Crippen molar-refractivity contribution < 1.29 is 14.6 Å². The van der Waals surface area contributed by atoms with Gasteiger partial charge in [-0.3, -0.25) is 4.79 Å². The molecule has 0 aliphatic carbocycles. The van der Waals surface area contributed by atoms with Crippen LogP contribution in [0.2, 0.25) is 0 Å². The predicted octanol–water partition coefficient (Wildman–Crippen LogP) is 1.21. The zero-order valence-corrected chi connectivity index (χ0v) is 9.32. The van der Waals surface area contributed by atoms with E-state index in [1.807, 2.05) is 20.9 Å². The Morgan fingerprint density at radius 3 is 2.71 bits per heavy atom. The zero-order valence-electron chi connectivity index (χ0n) is 9.32. The molecule has 0 heterocycles. The number of hydrogen-bond acceptors (Lipinski definition) is 3. The average Bonchev–Trinajstić information content (AvgIpc) is 2.14. The molecule has 0 aliphatic heterocycles. The van der Waals surface area contributed by atoms with Gasteiger partial charge in [-0.05, 0) is 27.3 Å². The van der Waals surface area contributed by atoms with Crippen LogP contribution in [-0.2, 0) is 9.53 Å². The molecule has 1 unspecified atom stereocenters. The number of carboxylic acids is 1. The molecule has 4 heteroatoms. The minimum Gasteiger partial charge on any atom is -0.481 e. The van der Waals surface area contributed by atoms with Crippen LogP contribution in [0.25, 0.3) is 0 Å². The van der Waals surface area contributed by atoms with E-state index in [9.17, 15) is 4.79 Å². The van der Waals surface area contributed by atoms with Gasteiger partial charge in [-0.25, -0.2) is 0 Å². The van der Waals surface area contributed by atoms with Crippen molar-refractivity contribution in [1.82, 2.24) is 4.90 Å². The number of hydrogen-bond donors (Lipinski definition) is 1. The number of nitrogens with zero attached hydrogens (tertiary/aromatic N) is 1. The number of likely N-dealkylation sites (N-methyl/N-ethyl adjacent to an activating group) is 1. The first-order valence-electron chi connectivity index (χ1n) is 5.07. The highest BCUT2D eigenvalue weighted by molar-refractivity contribution is 5.66. The van der Waals surface area contributed by atoms with E-state index in [-0.39, 0.29) is 6.42 Å². The van der Waals surface area contributed by atoms with Gasteiger partial charge < -0.3 is 14.7 Å². The van der Waals surface area contributed by atoms with E-state index in [1.165, 1.54) is 0 Å². The summed E-state index contributed by atoms with van der Waals surface area (Å²) in [5.41, 5.74) is 0. The first-order valence-corrected chi connectivity index (χ1v) is 5.07. The monoisotopic (exact) mass is 203 g/mol. The van der Waals surface area contributed by atoms with Crippen LogP contribution in [0.15, 0.2) is 0 Å². The van der Waals surface area contributed by atoms with Gasteiger partial charge in [-0.15, -0.1) is 0 Å². The number of carboxylic acid groups (broad SMARTS) is 1. The van der Waals surface area contributed by atoms with E-state index in [0.29, 0.717) is 19.1 Å². The molecule has 0 rings (SSSR count). The maximum atomic E-state index is 10.3. The summed E-state index contributed by atoms with van der Waals surface area (Å²) in [5.74, 6) is -0.727. The van der Waals surface area contributed by atoms with Crippen LogP contribution in [0.4, 0.5) is 0 Å². The van der Waals surface area contributed by atoms with E-state index >= 15 is 0 Å². The Balaban J connectivity index is 3.53. The van der Waals surface area contributed by atoms with E-state index in [1.54, 1.807) is 0 Å². The highest BCUT2D eigenvalue weighted by Gasteiger charge is 2.10. The summed E-state index contributed by atoms with van der Waals surface area (Å²) in [5, 5.41) is 8.52. The van der Waals surface area contributed by atoms with E-state index in [0.717, 1.165) is 13.2 Å². The van der Waals surface area contributed by atoms with Gasteiger partial charge >= 0.3 is 5.97 Å². The van der Waals surface area contributed by atoms with Gasteiger partial charge in [0.15, 0.2) is 0 Å². The normalized spacial score (nSPS) is 13.1. The molecular formula is C10H21NO3. The smallest absolute Gasteiger partial charge is 0.303 e. The zero-order chi connectivity index (χ0) is 11.0. The standard InChI is InChI=1S/C10H21NO3/c1-4-14-8-7-11(3)9(2)5-6-10(12)13/h9H,4-8H2,1-3H3,(H,12,13). The largest absolute Gasteiger partial charge is 0.481 e. The van der Waals surface area contributed by atoms with Crippen LogP contribution >= 0.6 is 0 Å². The van der Waals surface area contributed by atoms with Crippen LogP contribution in [0.3, 0.4) is 0 Å². The summed E-state index contributed by atoms with van der Waals surface area (Å²) in [6.07, 6.45) is 0.929. The molecule has 0 saturated carbocycles. The molecule has 0 aromatic carbocycles. The molecule has 0 radical (unpaired) electrons. The fraction of sp³-hybridized carbons (Fsp3) is 0.900. The molecule has 0 saturated heterocycles. The Kier molecular flexibility index (Phi) is 7.42. The first kappa shape index (κ1) is 13.4. The van der Waals surface area contributed by atoms with Gasteiger partial charge in [0, 0.05) is 25.6 Å². The summed E-state index contributed by atoms with van der Waals surface area (Å²) in [6.45, 7) is 6.30. The average molecular weight is 203 g/mol. The van der Waals surface area contributed by atoms with Crippen LogP contribution in [0.1, 0.15) is 26.7 Å². The van der Waals surface area contributed by atoms with E-state index in [4.69, 9.17) is 9.84 Å². The molecule has 0 fully saturated rings. The molecule has 84 valence electrons. The molecule has 0 spiro atoms. The van der Waals surface area contributed by atoms with Crippen molar-refractivity contribution in [3.63, 3.8) is 0 Å². The molecule has 0 amide bonds. The maximum absolute atomic E-state index is 10.3. The molecule has 1 N–H and O–H groups in total. The molecule has 0 aromatic heterocycles. The van der Waals surface area contributed by atoms with Crippen molar-refractivity contribution in [2.75, 3.05) is 26.8 Å². The lowest BCUT2D eigenvalue weighted by Crippen LogP contribution is -2.32. The Morgan fingerprint density at radius 1 is 1.57 bits per heavy atom. The quantitative estimate of drug-likeness (QED) is 0.602. The van der Waals surface area contributed by atoms with Crippen molar-refractivity contribution in [1.29, 1.82) is 0 Å². The highest BCUT2D eigenvalue weighted by atomic mass is 16.5.